The number of Topliss-reactive ketones (excluding diaryl/α,β-unsaturated/α-hetero) is 1. The number of halogens is 2. The second-order valence-electron chi connectivity index (χ2n) is 6.24. The van der Waals surface area contributed by atoms with Gasteiger partial charge in [0.05, 0.1) is 4.53 Å². The highest BCUT2D eigenvalue weighted by molar-refractivity contribution is 7.07. The average Bonchev–Trinajstić information content (AvgIpc) is 2.69. The van der Waals surface area contributed by atoms with E-state index < -0.39 is 17.0 Å². The molecule has 1 aromatic heterocycles. The van der Waals surface area contributed by atoms with E-state index in [4.69, 9.17) is 0 Å². The molecular formula is C17H17F2NO2S. The number of nitrogens with zero attached hydrogens (tertiary/aromatic N) is 1. The van der Waals surface area contributed by atoms with Crippen LogP contribution in [0.25, 0.3) is 12.2 Å². The Hall–Kier alpha value is -2.08. The van der Waals surface area contributed by atoms with E-state index in [1.54, 1.807) is 27.8 Å². The van der Waals surface area contributed by atoms with Crippen molar-refractivity contribution in [3.63, 3.8) is 0 Å². The van der Waals surface area contributed by atoms with Gasteiger partial charge in [-0.25, -0.2) is 8.78 Å². The van der Waals surface area contributed by atoms with Gasteiger partial charge in [-0.05, 0) is 18.2 Å². The van der Waals surface area contributed by atoms with E-state index >= 15 is 0 Å². The molecule has 0 saturated carbocycles. The number of carbonyl (C=O) groups is 1. The quantitative estimate of drug-likeness (QED) is 0.840. The van der Waals surface area contributed by atoms with Crippen LogP contribution in [-0.2, 0) is 11.8 Å². The fourth-order valence-electron chi connectivity index (χ4n) is 1.80. The van der Waals surface area contributed by atoms with Crippen molar-refractivity contribution < 1.29 is 13.6 Å². The van der Waals surface area contributed by atoms with Gasteiger partial charge in [0.15, 0.2) is 5.78 Å². The molecule has 0 bridgehead atoms. The van der Waals surface area contributed by atoms with Gasteiger partial charge in [-0.15, -0.1) is 11.3 Å². The summed E-state index contributed by atoms with van der Waals surface area (Å²) in [4.78, 5) is 24.3. The zero-order chi connectivity index (χ0) is 17.4. The zero-order valence-electron chi connectivity index (χ0n) is 13.3. The molecule has 0 aliphatic heterocycles. The predicted octanol–water partition coefficient (Wildman–Crippen LogP) is 1.95. The minimum absolute atomic E-state index is 0.103. The standard InChI is InChI=1S/C17H17F2NO2S/c1-17(2,3)14(21)9-15-20(4)16(22)13(23-15)7-10-5-6-11(18)8-12(10)19/h5-9H,1-4H3/b13-7-,15-9-. The third-order valence-electron chi connectivity index (χ3n) is 3.30. The van der Waals surface area contributed by atoms with E-state index in [9.17, 15) is 18.4 Å². The maximum atomic E-state index is 13.7. The van der Waals surface area contributed by atoms with E-state index in [1.165, 1.54) is 22.8 Å². The van der Waals surface area contributed by atoms with E-state index in [-0.39, 0.29) is 21.4 Å². The summed E-state index contributed by atoms with van der Waals surface area (Å²) in [5, 5.41) is 0. The molecule has 0 radical (unpaired) electrons. The molecule has 2 aromatic rings. The summed E-state index contributed by atoms with van der Waals surface area (Å²) in [6, 6.07) is 3.16. The van der Waals surface area contributed by atoms with Crippen LogP contribution in [0.2, 0.25) is 0 Å². The molecule has 1 heterocycles. The number of carbonyl (C=O) groups excluding carboxylic acids is 1. The Bertz CT molecular complexity index is 933. The van der Waals surface area contributed by atoms with Gasteiger partial charge >= 0.3 is 0 Å². The van der Waals surface area contributed by atoms with Crippen LogP contribution in [0.5, 0.6) is 0 Å². The van der Waals surface area contributed by atoms with Gasteiger partial charge in [-0.2, -0.15) is 0 Å². The first-order chi connectivity index (χ1) is 10.6. The molecule has 0 N–H and O–H groups in total. The van der Waals surface area contributed by atoms with E-state index in [1.807, 2.05) is 0 Å². The molecule has 0 unspecified atom stereocenters. The second kappa shape index (κ2) is 6.20. The van der Waals surface area contributed by atoms with Crippen LogP contribution in [-0.4, -0.2) is 10.4 Å². The Kier molecular flexibility index (Phi) is 4.66. The van der Waals surface area contributed by atoms with Gasteiger partial charge in [0.1, 0.15) is 16.3 Å². The van der Waals surface area contributed by atoms with Gasteiger partial charge in [0, 0.05) is 30.2 Å². The number of ketones is 1. The van der Waals surface area contributed by atoms with Crippen molar-refractivity contribution in [1.82, 2.24) is 4.57 Å². The van der Waals surface area contributed by atoms with Crippen molar-refractivity contribution in [2.45, 2.75) is 20.8 Å². The highest BCUT2D eigenvalue weighted by atomic mass is 32.1. The Morgan fingerprint density at radius 3 is 2.48 bits per heavy atom. The summed E-state index contributed by atoms with van der Waals surface area (Å²) in [5.41, 5.74) is -0.752. The van der Waals surface area contributed by atoms with Crippen molar-refractivity contribution in [2.24, 2.45) is 12.5 Å². The molecule has 0 amide bonds. The Morgan fingerprint density at radius 2 is 1.91 bits per heavy atom. The lowest BCUT2D eigenvalue weighted by Gasteiger charge is -2.12. The van der Waals surface area contributed by atoms with Crippen molar-refractivity contribution in [3.05, 3.63) is 54.9 Å². The smallest absolute Gasteiger partial charge is 0.268 e. The molecular weight excluding hydrogens is 320 g/mol. The minimum Gasteiger partial charge on any atom is -0.302 e. The first kappa shape index (κ1) is 17.3. The highest BCUT2D eigenvalue weighted by Gasteiger charge is 2.19. The lowest BCUT2D eigenvalue weighted by atomic mass is 9.91. The molecule has 0 spiro atoms. The molecule has 0 atom stereocenters. The van der Waals surface area contributed by atoms with Crippen LogP contribution in [0, 0.1) is 17.0 Å². The van der Waals surface area contributed by atoms with E-state index in [2.05, 4.69) is 0 Å². The van der Waals surface area contributed by atoms with Gasteiger partial charge in [0.25, 0.3) is 5.56 Å². The topological polar surface area (TPSA) is 39.1 Å². The predicted molar refractivity (Wildman–Crippen MR) is 87.7 cm³/mol. The van der Waals surface area contributed by atoms with Crippen molar-refractivity contribution in [3.8, 4) is 0 Å². The van der Waals surface area contributed by atoms with Crippen LogP contribution in [0.15, 0.2) is 23.0 Å². The van der Waals surface area contributed by atoms with Crippen molar-refractivity contribution >= 4 is 29.3 Å². The lowest BCUT2D eigenvalue weighted by molar-refractivity contribution is -0.120. The van der Waals surface area contributed by atoms with Crippen molar-refractivity contribution in [1.29, 1.82) is 0 Å². The largest absolute Gasteiger partial charge is 0.302 e. The Labute approximate surface area is 136 Å². The first-order valence-electron chi connectivity index (χ1n) is 6.98. The fourth-order valence-corrected chi connectivity index (χ4v) is 2.82. The lowest BCUT2D eigenvalue weighted by Crippen LogP contribution is -2.30. The van der Waals surface area contributed by atoms with Crippen LogP contribution in [0.4, 0.5) is 8.78 Å². The fraction of sp³-hybridized carbons (Fsp3) is 0.294. The summed E-state index contributed by atoms with van der Waals surface area (Å²) in [7, 11) is 1.55. The number of benzene rings is 1. The monoisotopic (exact) mass is 337 g/mol. The van der Waals surface area contributed by atoms with Gasteiger partial charge in [-0.1, -0.05) is 20.8 Å². The molecule has 0 aliphatic rings. The Balaban J connectivity index is 2.61. The van der Waals surface area contributed by atoms with Crippen molar-refractivity contribution in [2.75, 3.05) is 0 Å². The summed E-state index contributed by atoms with van der Waals surface area (Å²) < 4.78 is 28.8. The summed E-state index contributed by atoms with van der Waals surface area (Å²) in [6.45, 7) is 5.37. The van der Waals surface area contributed by atoms with Gasteiger partial charge < -0.3 is 4.57 Å². The first-order valence-corrected chi connectivity index (χ1v) is 7.80. The number of aromatic nitrogens is 1. The van der Waals surface area contributed by atoms with Crippen LogP contribution < -0.4 is 14.8 Å². The zero-order valence-corrected chi connectivity index (χ0v) is 14.1. The normalized spacial score (nSPS) is 13.7. The molecule has 3 nitrogen and oxygen atoms in total. The maximum absolute atomic E-state index is 13.7. The number of thiazole rings is 1. The second-order valence-corrected chi connectivity index (χ2v) is 7.30. The number of hydrogen-bond donors (Lipinski definition) is 0. The number of rotatable bonds is 2. The molecule has 2 rings (SSSR count). The highest BCUT2D eigenvalue weighted by Crippen LogP contribution is 2.14. The molecule has 0 saturated heterocycles. The van der Waals surface area contributed by atoms with Gasteiger partial charge in [0.2, 0.25) is 0 Å². The SMILES string of the molecule is Cn1c(=O)/c(=C/c2ccc(F)cc2F)s/c1=C\C(=O)C(C)(C)C. The van der Waals surface area contributed by atoms with E-state index in [0.29, 0.717) is 4.66 Å². The summed E-state index contributed by atoms with van der Waals surface area (Å²) >= 11 is 1.10. The van der Waals surface area contributed by atoms with Crippen LogP contribution in [0.3, 0.4) is 0 Å². The number of hydrogen-bond acceptors (Lipinski definition) is 3. The summed E-state index contributed by atoms with van der Waals surface area (Å²) in [6.07, 6.45) is 2.78. The molecule has 0 fully saturated rings. The third kappa shape index (κ3) is 3.82. The minimum atomic E-state index is -0.739. The maximum Gasteiger partial charge on any atom is 0.268 e. The third-order valence-corrected chi connectivity index (χ3v) is 4.42. The van der Waals surface area contributed by atoms with Crippen LogP contribution >= 0.6 is 11.3 Å². The average molecular weight is 337 g/mol. The molecule has 23 heavy (non-hydrogen) atoms. The summed E-state index contributed by atoms with van der Waals surface area (Å²) in [5.74, 6) is -1.52. The molecule has 1 aromatic carbocycles. The Morgan fingerprint density at radius 1 is 1.26 bits per heavy atom. The van der Waals surface area contributed by atoms with Gasteiger partial charge in [-0.3, -0.25) is 9.59 Å². The molecule has 0 aliphatic carbocycles. The van der Waals surface area contributed by atoms with Crippen LogP contribution in [0.1, 0.15) is 26.3 Å². The molecule has 6 heteroatoms. The molecule has 122 valence electrons. The van der Waals surface area contributed by atoms with E-state index in [0.717, 1.165) is 23.5 Å².